The number of aromatic nitrogens is 2. The van der Waals surface area contributed by atoms with Crippen LogP contribution in [0.5, 0.6) is 0 Å². The molecule has 1 N–H and O–H groups in total. The van der Waals surface area contributed by atoms with Crippen LogP contribution in [-0.4, -0.2) is 21.5 Å². The van der Waals surface area contributed by atoms with Crippen molar-refractivity contribution in [1.82, 2.24) is 9.78 Å². The predicted molar refractivity (Wildman–Crippen MR) is 73.2 cm³/mol. The van der Waals surface area contributed by atoms with Gasteiger partial charge in [-0.25, -0.2) is 0 Å². The fraction of sp³-hybridized carbons (Fsp3) is 0.400. The number of nitrogens with zero attached hydrogens (tertiary/aromatic N) is 2. The molecule has 18 heavy (non-hydrogen) atoms. The first-order valence-corrected chi connectivity index (χ1v) is 6.21. The summed E-state index contributed by atoms with van der Waals surface area (Å²) in [6, 6.07) is 12.3. The fourth-order valence-electron chi connectivity index (χ4n) is 1.97. The van der Waals surface area contributed by atoms with E-state index in [0.29, 0.717) is 0 Å². The lowest BCUT2D eigenvalue weighted by Gasteiger charge is -2.20. The van der Waals surface area contributed by atoms with Crippen LogP contribution < -0.4 is 0 Å². The van der Waals surface area contributed by atoms with Gasteiger partial charge in [-0.1, -0.05) is 44.2 Å². The van der Waals surface area contributed by atoms with Gasteiger partial charge in [0.15, 0.2) is 0 Å². The third-order valence-electron chi connectivity index (χ3n) is 3.13. The number of aryl methyl sites for hydroxylation is 1. The minimum atomic E-state index is -0.109. The lowest BCUT2D eigenvalue weighted by Crippen LogP contribution is -2.21. The van der Waals surface area contributed by atoms with E-state index in [1.807, 2.05) is 29.9 Å². The van der Waals surface area contributed by atoms with Crippen molar-refractivity contribution in [2.24, 2.45) is 12.5 Å². The topological polar surface area (TPSA) is 38.0 Å². The molecule has 0 atom stereocenters. The van der Waals surface area contributed by atoms with Crippen molar-refractivity contribution in [3.05, 3.63) is 42.1 Å². The van der Waals surface area contributed by atoms with Crippen LogP contribution in [0, 0.1) is 5.41 Å². The highest BCUT2D eigenvalue weighted by atomic mass is 16.3. The van der Waals surface area contributed by atoms with Crippen molar-refractivity contribution in [3.8, 4) is 11.3 Å². The molecule has 0 fully saturated rings. The summed E-state index contributed by atoms with van der Waals surface area (Å²) < 4.78 is 1.90. The number of hydrogen-bond acceptors (Lipinski definition) is 2. The van der Waals surface area contributed by atoms with Crippen LogP contribution in [0.25, 0.3) is 11.3 Å². The maximum Gasteiger partial charge on any atom is 0.0925 e. The van der Waals surface area contributed by atoms with Gasteiger partial charge >= 0.3 is 0 Å². The maximum absolute atomic E-state index is 9.34. The van der Waals surface area contributed by atoms with E-state index in [0.717, 1.165) is 23.4 Å². The quantitative estimate of drug-likeness (QED) is 0.898. The average molecular weight is 244 g/mol. The zero-order chi connectivity index (χ0) is 13.2. The molecular weight excluding hydrogens is 224 g/mol. The van der Waals surface area contributed by atoms with E-state index in [1.54, 1.807) is 0 Å². The van der Waals surface area contributed by atoms with Gasteiger partial charge in [0.25, 0.3) is 0 Å². The minimum absolute atomic E-state index is 0.109. The maximum atomic E-state index is 9.34. The highest BCUT2D eigenvalue weighted by Gasteiger charge is 2.20. The Bertz CT molecular complexity index is 515. The molecule has 0 amide bonds. The summed E-state index contributed by atoms with van der Waals surface area (Å²) in [5.74, 6) is 0. The highest BCUT2D eigenvalue weighted by molar-refractivity contribution is 5.59. The second kappa shape index (κ2) is 4.94. The molecular formula is C15H20N2O. The Labute approximate surface area is 108 Å². The molecule has 3 nitrogen and oxygen atoms in total. The Morgan fingerprint density at radius 3 is 2.50 bits per heavy atom. The summed E-state index contributed by atoms with van der Waals surface area (Å²) in [5.41, 5.74) is 3.15. The summed E-state index contributed by atoms with van der Waals surface area (Å²) in [7, 11) is 1.95. The molecule has 0 bridgehead atoms. The molecule has 0 aliphatic rings. The Hall–Kier alpha value is -1.61. The van der Waals surface area contributed by atoms with Crippen LogP contribution >= 0.6 is 0 Å². The van der Waals surface area contributed by atoms with Crippen molar-refractivity contribution in [1.29, 1.82) is 0 Å². The first-order valence-electron chi connectivity index (χ1n) is 6.21. The highest BCUT2D eigenvalue weighted by Crippen LogP contribution is 2.24. The van der Waals surface area contributed by atoms with Crippen LogP contribution in [0.4, 0.5) is 0 Å². The van der Waals surface area contributed by atoms with Crippen LogP contribution in [-0.2, 0) is 13.5 Å². The van der Waals surface area contributed by atoms with Crippen molar-refractivity contribution < 1.29 is 5.11 Å². The number of rotatable bonds is 4. The van der Waals surface area contributed by atoms with Gasteiger partial charge in [-0.2, -0.15) is 5.10 Å². The molecule has 0 radical (unpaired) electrons. The Kier molecular flexibility index (Phi) is 3.53. The molecule has 96 valence electrons. The molecule has 3 heteroatoms. The average Bonchev–Trinajstić information content (AvgIpc) is 2.72. The van der Waals surface area contributed by atoms with Crippen LogP contribution in [0.15, 0.2) is 36.4 Å². The summed E-state index contributed by atoms with van der Waals surface area (Å²) in [6.07, 6.45) is 0.819. The monoisotopic (exact) mass is 244 g/mol. The molecule has 1 heterocycles. The van der Waals surface area contributed by atoms with E-state index in [2.05, 4.69) is 37.1 Å². The van der Waals surface area contributed by atoms with E-state index >= 15 is 0 Å². The summed E-state index contributed by atoms with van der Waals surface area (Å²) in [6.45, 7) is 4.29. The normalized spacial score (nSPS) is 11.8. The van der Waals surface area contributed by atoms with Gasteiger partial charge in [-0.05, 0) is 17.9 Å². The third-order valence-corrected chi connectivity index (χ3v) is 3.13. The van der Waals surface area contributed by atoms with Crippen LogP contribution in [0.2, 0.25) is 0 Å². The summed E-state index contributed by atoms with van der Waals surface area (Å²) in [4.78, 5) is 0. The van der Waals surface area contributed by atoms with Crippen molar-refractivity contribution in [3.63, 3.8) is 0 Å². The first-order chi connectivity index (χ1) is 8.52. The second-order valence-corrected chi connectivity index (χ2v) is 5.51. The molecule has 0 aliphatic carbocycles. The standard InChI is InChI=1S/C15H20N2O/c1-15(2,11-18)10-13-9-14(16-17(13)3)12-7-5-4-6-8-12/h4-9,18H,10-11H2,1-3H3. The van der Waals surface area contributed by atoms with Crippen LogP contribution in [0.1, 0.15) is 19.5 Å². The van der Waals surface area contributed by atoms with E-state index in [9.17, 15) is 5.11 Å². The summed E-state index contributed by atoms with van der Waals surface area (Å²) in [5, 5.41) is 13.9. The fourth-order valence-corrected chi connectivity index (χ4v) is 1.97. The van der Waals surface area contributed by atoms with E-state index < -0.39 is 0 Å². The number of aliphatic hydroxyl groups excluding tert-OH is 1. The van der Waals surface area contributed by atoms with Gasteiger partial charge in [0.05, 0.1) is 5.69 Å². The van der Waals surface area contributed by atoms with Gasteiger partial charge in [0.2, 0.25) is 0 Å². The minimum Gasteiger partial charge on any atom is -0.396 e. The molecule has 1 aromatic heterocycles. The van der Waals surface area contributed by atoms with E-state index in [4.69, 9.17) is 0 Å². The van der Waals surface area contributed by atoms with Crippen molar-refractivity contribution >= 4 is 0 Å². The molecule has 0 saturated heterocycles. The molecule has 0 saturated carbocycles. The van der Waals surface area contributed by atoms with Gasteiger partial charge in [-0.15, -0.1) is 0 Å². The van der Waals surface area contributed by atoms with E-state index in [-0.39, 0.29) is 12.0 Å². The van der Waals surface area contributed by atoms with Gasteiger partial charge in [0, 0.05) is 24.9 Å². The molecule has 0 spiro atoms. The third kappa shape index (κ3) is 2.79. The van der Waals surface area contributed by atoms with Crippen molar-refractivity contribution in [2.45, 2.75) is 20.3 Å². The molecule has 0 aliphatic heterocycles. The summed E-state index contributed by atoms with van der Waals surface area (Å²) >= 11 is 0. The lowest BCUT2D eigenvalue weighted by molar-refractivity contribution is 0.157. The second-order valence-electron chi connectivity index (χ2n) is 5.51. The Morgan fingerprint density at radius 2 is 1.89 bits per heavy atom. The molecule has 2 rings (SSSR count). The molecule has 2 aromatic rings. The number of aliphatic hydroxyl groups is 1. The molecule has 1 aromatic carbocycles. The van der Waals surface area contributed by atoms with Crippen LogP contribution in [0.3, 0.4) is 0 Å². The lowest BCUT2D eigenvalue weighted by atomic mass is 9.89. The zero-order valence-electron chi connectivity index (χ0n) is 11.2. The number of hydrogen-bond donors (Lipinski definition) is 1. The SMILES string of the molecule is Cn1nc(-c2ccccc2)cc1CC(C)(C)CO. The smallest absolute Gasteiger partial charge is 0.0925 e. The Balaban J connectivity index is 2.28. The zero-order valence-corrected chi connectivity index (χ0v) is 11.2. The van der Waals surface area contributed by atoms with Crippen molar-refractivity contribution in [2.75, 3.05) is 6.61 Å². The van der Waals surface area contributed by atoms with Gasteiger partial charge in [-0.3, -0.25) is 4.68 Å². The largest absolute Gasteiger partial charge is 0.396 e. The van der Waals surface area contributed by atoms with Gasteiger partial charge < -0.3 is 5.11 Å². The predicted octanol–water partition coefficient (Wildman–Crippen LogP) is 2.65. The Morgan fingerprint density at radius 1 is 1.22 bits per heavy atom. The first kappa shape index (κ1) is 12.8. The number of benzene rings is 1. The van der Waals surface area contributed by atoms with Gasteiger partial charge in [0.1, 0.15) is 0 Å². The molecule has 0 unspecified atom stereocenters. The van der Waals surface area contributed by atoms with E-state index in [1.165, 1.54) is 0 Å².